The fraction of sp³-hybridized carbons (Fsp3) is 0.641. The van der Waals surface area contributed by atoms with E-state index in [0.717, 1.165) is 0 Å². The summed E-state index contributed by atoms with van der Waals surface area (Å²) in [6.07, 6.45) is -1.46. The number of ether oxygens (including phenoxy) is 3. The number of sulfonamides is 1. The first-order chi connectivity index (χ1) is 27.1. The standard InChI is InChI=1S/C39H51F3N6O9S.3H2/c1-7-55-31-26-14-10-11-15-27(26)32(46-45-31)56-25-19-28-30(49)44-38(34(51)47-58(53,54)37(6)16-17-37)20-24(38)13-9-8-12-22(2)18-23(3)29(33(50)48(28)21-25)43-35(52)57-36(4,5)39(40,41)42;;;/h9-11,13-15,22-25,28-29H,7-8,12,16-21H2,1-6H3,(H,43,52)(H,44,49)(H,47,51);3*1H/b13-9-;;;/t22-,23-,24-,25-,28+,29+,38-;;;/m1.../s1. The molecular formula is C39H57F3N6O9S. The Hall–Kier alpha value is -4.68. The number of nitrogens with one attached hydrogen (secondary N) is 3. The molecule has 19 heteroatoms. The van der Waals surface area contributed by atoms with Crippen LogP contribution >= 0.6 is 0 Å². The Morgan fingerprint density at radius 2 is 1.72 bits per heavy atom. The van der Waals surface area contributed by atoms with Crippen molar-refractivity contribution < 1.29 is 59.3 Å². The first-order valence-electron chi connectivity index (χ1n) is 19.6. The fourth-order valence-corrected chi connectivity index (χ4v) is 8.90. The van der Waals surface area contributed by atoms with E-state index in [1.165, 1.54) is 11.8 Å². The zero-order valence-electron chi connectivity index (χ0n) is 33.4. The van der Waals surface area contributed by atoms with E-state index in [-0.39, 0.29) is 41.3 Å². The smallest absolute Gasteiger partial charge is 0.427 e. The van der Waals surface area contributed by atoms with Crippen molar-refractivity contribution in [3.05, 3.63) is 36.4 Å². The Kier molecular flexibility index (Phi) is 11.7. The van der Waals surface area contributed by atoms with Gasteiger partial charge in [-0.3, -0.25) is 19.1 Å². The van der Waals surface area contributed by atoms with E-state index in [2.05, 4.69) is 25.6 Å². The zero-order chi connectivity index (χ0) is 42.4. The number of carbonyl (C=O) groups excluding carboxylic acids is 4. The number of alkyl carbamates (subject to hydrolysis) is 1. The summed E-state index contributed by atoms with van der Waals surface area (Å²) in [5.41, 5.74) is -4.54. The predicted molar refractivity (Wildman–Crippen MR) is 210 cm³/mol. The second-order valence-electron chi connectivity index (χ2n) is 16.8. The third-order valence-electron chi connectivity index (χ3n) is 11.7. The summed E-state index contributed by atoms with van der Waals surface area (Å²) in [6, 6.07) is 4.26. The molecule has 0 radical (unpaired) electrons. The molecule has 58 heavy (non-hydrogen) atoms. The quantitative estimate of drug-likeness (QED) is 0.272. The average Bonchev–Trinajstić information content (AvgIpc) is 4.02. The molecule has 0 bridgehead atoms. The maximum absolute atomic E-state index is 14.7. The van der Waals surface area contributed by atoms with Gasteiger partial charge in [0.2, 0.25) is 39.2 Å². The minimum atomic E-state index is -4.92. The van der Waals surface area contributed by atoms with Gasteiger partial charge in [0.05, 0.1) is 28.7 Å². The van der Waals surface area contributed by atoms with Crippen LogP contribution in [-0.4, -0.2) is 101 Å². The molecule has 3 fully saturated rings. The summed E-state index contributed by atoms with van der Waals surface area (Å²) in [6.45, 7) is 8.40. The molecular weight excluding hydrogens is 786 g/mol. The fourth-order valence-electron chi connectivity index (χ4n) is 7.59. The predicted octanol–water partition coefficient (Wildman–Crippen LogP) is 5.44. The van der Waals surface area contributed by atoms with Crippen LogP contribution in [0, 0.1) is 17.8 Å². The number of fused-ring (bicyclic) bond motifs is 3. The van der Waals surface area contributed by atoms with Crippen LogP contribution in [0.15, 0.2) is 36.4 Å². The highest BCUT2D eigenvalue weighted by Gasteiger charge is 2.63. The molecule has 1 aromatic carbocycles. The second-order valence-corrected chi connectivity index (χ2v) is 19.0. The van der Waals surface area contributed by atoms with Gasteiger partial charge in [-0.25, -0.2) is 13.2 Å². The summed E-state index contributed by atoms with van der Waals surface area (Å²) in [7, 11) is -4.08. The number of aromatic nitrogens is 2. The Balaban J connectivity index is 0.00000331. The van der Waals surface area contributed by atoms with Gasteiger partial charge in [0.25, 0.3) is 5.91 Å². The monoisotopic (exact) mass is 842 g/mol. The number of carbonyl (C=O) groups is 4. The molecule has 2 saturated carbocycles. The molecule has 2 aliphatic heterocycles. The highest BCUT2D eigenvalue weighted by atomic mass is 32.2. The maximum Gasteiger partial charge on any atom is 0.427 e. The summed E-state index contributed by atoms with van der Waals surface area (Å²) >= 11 is 0. The largest absolute Gasteiger partial charge is 0.476 e. The van der Waals surface area contributed by atoms with Crippen molar-refractivity contribution in [2.45, 2.75) is 127 Å². The lowest BCUT2D eigenvalue weighted by Gasteiger charge is -2.34. The number of benzene rings is 1. The van der Waals surface area contributed by atoms with Gasteiger partial charge in [-0.15, -0.1) is 10.2 Å². The molecule has 4 amide bonds. The van der Waals surface area contributed by atoms with E-state index >= 15 is 0 Å². The topological polar surface area (TPSA) is 195 Å². The summed E-state index contributed by atoms with van der Waals surface area (Å²) < 4.78 is 85.4. The number of hydrogen-bond donors (Lipinski definition) is 3. The highest BCUT2D eigenvalue weighted by Crippen LogP contribution is 2.48. The molecule has 15 nitrogen and oxygen atoms in total. The Morgan fingerprint density at radius 1 is 1.07 bits per heavy atom. The molecule has 6 rings (SSSR count). The van der Waals surface area contributed by atoms with E-state index in [1.807, 2.05) is 13.0 Å². The number of amides is 4. The minimum Gasteiger partial charge on any atom is -0.476 e. The average molecular weight is 843 g/mol. The zero-order valence-corrected chi connectivity index (χ0v) is 34.2. The molecule has 0 spiro atoms. The molecule has 324 valence electrons. The van der Waals surface area contributed by atoms with Gasteiger partial charge in [-0.2, -0.15) is 13.2 Å². The van der Waals surface area contributed by atoms with Crippen molar-refractivity contribution >= 4 is 44.6 Å². The van der Waals surface area contributed by atoms with Gasteiger partial charge in [0.15, 0.2) is 0 Å². The van der Waals surface area contributed by atoms with Crippen LogP contribution in [0.25, 0.3) is 10.8 Å². The Bertz CT molecular complexity index is 2100. The Labute approximate surface area is 339 Å². The van der Waals surface area contributed by atoms with Crippen molar-refractivity contribution in [3.63, 3.8) is 0 Å². The number of allylic oxidation sites excluding steroid dienone is 1. The molecule has 2 aliphatic carbocycles. The first-order valence-corrected chi connectivity index (χ1v) is 21.1. The molecule has 3 heterocycles. The van der Waals surface area contributed by atoms with Gasteiger partial charge in [-0.1, -0.05) is 38.1 Å². The van der Waals surface area contributed by atoms with Gasteiger partial charge in [0.1, 0.15) is 23.7 Å². The van der Waals surface area contributed by atoms with Crippen LogP contribution in [0.2, 0.25) is 0 Å². The molecule has 0 unspecified atom stereocenters. The molecule has 3 N–H and O–H groups in total. The lowest BCUT2D eigenvalue weighted by molar-refractivity contribution is -0.244. The summed E-state index contributed by atoms with van der Waals surface area (Å²) in [5.74, 6) is -3.38. The second kappa shape index (κ2) is 15.8. The van der Waals surface area contributed by atoms with Crippen LogP contribution in [0.5, 0.6) is 11.8 Å². The Morgan fingerprint density at radius 3 is 2.36 bits per heavy atom. The van der Waals surface area contributed by atoms with Crippen LogP contribution in [-0.2, 0) is 29.1 Å². The first kappa shape index (κ1) is 42.9. The minimum absolute atomic E-state index is 0. The van der Waals surface area contributed by atoms with Crippen molar-refractivity contribution in [1.29, 1.82) is 0 Å². The number of alkyl halides is 3. The number of hydrogen-bond acceptors (Lipinski definition) is 11. The van der Waals surface area contributed by atoms with E-state index in [9.17, 15) is 40.8 Å². The van der Waals surface area contributed by atoms with Gasteiger partial charge < -0.3 is 29.7 Å². The number of nitrogens with zero attached hydrogens (tertiary/aromatic N) is 3. The molecule has 7 atom stereocenters. The third-order valence-corrected chi connectivity index (χ3v) is 13.9. The highest BCUT2D eigenvalue weighted by molar-refractivity contribution is 7.91. The molecule has 1 aromatic heterocycles. The number of halogens is 3. The van der Waals surface area contributed by atoms with Crippen LogP contribution in [0.3, 0.4) is 0 Å². The maximum atomic E-state index is 14.7. The van der Waals surface area contributed by atoms with Gasteiger partial charge in [-0.05, 0) is 90.2 Å². The van der Waals surface area contributed by atoms with E-state index in [4.69, 9.17) is 14.2 Å². The molecule has 4 aliphatic rings. The van der Waals surface area contributed by atoms with E-state index in [1.54, 1.807) is 44.2 Å². The van der Waals surface area contributed by atoms with Crippen LogP contribution < -0.4 is 24.8 Å². The lowest BCUT2D eigenvalue weighted by Crippen LogP contribution is -2.59. The van der Waals surface area contributed by atoms with Crippen LogP contribution in [0.1, 0.15) is 90.8 Å². The molecule has 2 aromatic rings. The van der Waals surface area contributed by atoms with Crippen molar-refractivity contribution in [2.75, 3.05) is 13.2 Å². The van der Waals surface area contributed by atoms with Crippen molar-refractivity contribution in [1.82, 2.24) is 30.5 Å². The van der Waals surface area contributed by atoms with Gasteiger partial charge in [0, 0.05) is 16.6 Å². The van der Waals surface area contributed by atoms with Gasteiger partial charge >= 0.3 is 12.3 Å². The summed E-state index contributed by atoms with van der Waals surface area (Å²) in [5, 5.41) is 14.7. The van der Waals surface area contributed by atoms with Crippen molar-refractivity contribution in [3.8, 4) is 11.8 Å². The summed E-state index contributed by atoms with van der Waals surface area (Å²) in [4.78, 5) is 57.5. The SMILES string of the molecule is CCOc1nnc(O[C@@H]2C[C@H]3C(=O)N[C@]4(C(=O)NS(=O)(=O)C5(C)CC5)C[C@H]4/C=C\CC[C@@H](C)C[C@@H](C)[C@H](NC(=O)OC(C)(C)C(F)(F)F)C(=O)N3C2)c2ccccc12.[HH].[HH].[HH]. The van der Waals surface area contributed by atoms with Crippen LogP contribution in [0.4, 0.5) is 18.0 Å². The van der Waals surface area contributed by atoms with E-state index < -0.39 is 85.9 Å². The van der Waals surface area contributed by atoms with E-state index in [0.29, 0.717) is 63.3 Å². The third kappa shape index (κ3) is 8.69. The molecule has 1 saturated heterocycles. The normalized spacial score (nSPS) is 29.4. The van der Waals surface area contributed by atoms with Crippen molar-refractivity contribution in [2.24, 2.45) is 17.8 Å². The lowest BCUT2D eigenvalue weighted by atomic mass is 9.88. The number of rotatable bonds is 9.